The summed E-state index contributed by atoms with van der Waals surface area (Å²) in [6.07, 6.45) is 8.39. The monoisotopic (exact) mass is 250 g/mol. The summed E-state index contributed by atoms with van der Waals surface area (Å²) in [5.74, 6) is 1.32. The predicted molar refractivity (Wildman–Crippen MR) is 71.7 cm³/mol. The fourth-order valence-corrected chi connectivity index (χ4v) is 2.81. The molecule has 0 bridgehead atoms. The molecule has 2 nitrogen and oxygen atoms in total. The zero-order chi connectivity index (χ0) is 13.0. The maximum absolute atomic E-state index is 13.1. The summed E-state index contributed by atoms with van der Waals surface area (Å²) in [5.41, 5.74) is 0.929. The van der Waals surface area contributed by atoms with E-state index >= 15 is 0 Å². The second-order valence-electron chi connectivity index (χ2n) is 5.59. The molecule has 0 aliphatic heterocycles. The number of rotatable bonds is 4. The van der Waals surface area contributed by atoms with E-state index in [1.165, 1.54) is 31.9 Å². The third kappa shape index (κ3) is 3.52. The van der Waals surface area contributed by atoms with Gasteiger partial charge in [-0.25, -0.2) is 4.39 Å². The van der Waals surface area contributed by atoms with Crippen molar-refractivity contribution >= 4 is 0 Å². The van der Waals surface area contributed by atoms with Crippen molar-refractivity contribution in [2.75, 3.05) is 6.54 Å². The molecule has 1 heterocycles. The first-order valence-electron chi connectivity index (χ1n) is 7.00. The van der Waals surface area contributed by atoms with Gasteiger partial charge < -0.3 is 5.32 Å². The van der Waals surface area contributed by atoms with Gasteiger partial charge in [0.15, 0.2) is 0 Å². The first kappa shape index (κ1) is 13.5. The highest BCUT2D eigenvalue weighted by atomic mass is 19.1. The predicted octanol–water partition coefficient (Wildman–Crippen LogP) is 3.70. The summed E-state index contributed by atoms with van der Waals surface area (Å²) in [6, 6.07) is 1.73. The second-order valence-corrected chi connectivity index (χ2v) is 5.59. The number of pyridine rings is 1. The fourth-order valence-electron chi connectivity index (χ4n) is 2.81. The Kier molecular flexibility index (Phi) is 4.70. The summed E-state index contributed by atoms with van der Waals surface area (Å²) < 4.78 is 13.1. The summed E-state index contributed by atoms with van der Waals surface area (Å²) in [4.78, 5) is 3.90. The number of halogens is 1. The largest absolute Gasteiger partial charge is 0.310 e. The maximum atomic E-state index is 13.1. The van der Waals surface area contributed by atoms with Gasteiger partial charge in [-0.1, -0.05) is 26.2 Å². The minimum Gasteiger partial charge on any atom is -0.310 e. The van der Waals surface area contributed by atoms with E-state index in [9.17, 15) is 4.39 Å². The van der Waals surface area contributed by atoms with E-state index in [1.54, 1.807) is 12.3 Å². The zero-order valence-electron chi connectivity index (χ0n) is 11.3. The van der Waals surface area contributed by atoms with Crippen LogP contribution in [0.25, 0.3) is 0 Å². The highest BCUT2D eigenvalue weighted by Gasteiger charge is 2.21. The lowest BCUT2D eigenvalue weighted by Gasteiger charge is -2.30. The lowest BCUT2D eigenvalue weighted by molar-refractivity contribution is 0.242. The summed E-state index contributed by atoms with van der Waals surface area (Å²) in [6.45, 7) is 5.45. The topological polar surface area (TPSA) is 24.9 Å². The molecule has 18 heavy (non-hydrogen) atoms. The Morgan fingerprint density at radius 1 is 1.39 bits per heavy atom. The first-order valence-corrected chi connectivity index (χ1v) is 7.00. The number of nitrogens with zero attached hydrogens (tertiary/aromatic N) is 1. The van der Waals surface area contributed by atoms with Gasteiger partial charge in [0.2, 0.25) is 0 Å². The van der Waals surface area contributed by atoms with Gasteiger partial charge in [-0.05, 0) is 43.4 Å². The minimum absolute atomic E-state index is 0.169. The van der Waals surface area contributed by atoms with Gasteiger partial charge >= 0.3 is 0 Å². The maximum Gasteiger partial charge on any atom is 0.141 e. The summed E-state index contributed by atoms with van der Waals surface area (Å²) in [5, 5.41) is 3.52. The molecule has 0 amide bonds. The number of hydrogen-bond donors (Lipinski definition) is 1. The molecule has 1 N–H and O–H groups in total. The van der Waals surface area contributed by atoms with E-state index in [2.05, 4.69) is 24.1 Å². The highest BCUT2D eigenvalue weighted by Crippen LogP contribution is 2.29. The van der Waals surface area contributed by atoms with Crippen LogP contribution in [0, 0.1) is 17.7 Å². The molecule has 3 unspecified atom stereocenters. The molecule has 1 saturated carbocycles. The first-order chi connectivity index (χ1) is 8.66. The van der Waals surface area contributed by atoms with Gasteiger partial charge in [0.05, 0.1) is 6.20 Å². The van der Waals surface area contributed by atoms with Crippen LogP contribution >= 0.6 is 0 Å². The summed E-state index contributed by atoms with van der Waals surface area (Å²) in [7, 11) is 0. The SMILES string of the molecule is CC(NCC1CCCCC1C)c1cncc(F)c1. The van der Waals surface area contributed by atoms with Gasteiger partial charge in [-0.2, -0.15) is 0 Å². The van der Waals surface area contributed by atoms with Crippen LogP contribution in [-0.4, -0.2) is 11.5 Å². The molecular weight excluding hydrogens is 227 g/mol. The number of hydrogen-bond acceptors (Lipinski definition) is 2. The highest BCUT2D eigenvalue weighted by molar-refractivity contribution is 5.14. The average molecular weight is 250 g/mol. The normalized spacial score (nSPS) is 25.9. The second kappa shape index (κ2) is 6.28. The van der Waals surface area contributed by atoms with Crippen LogP contribution in [-0.2, 0) is 0 Å². The molecule has 1 aromatic heterocycles. The van der Waals surface area contributed by atoms with Gasteiger partial charge in [-0.15, -0.1) is 0 Å². The quantitative estimate of drug-likeness (QED) is 0.881. The number of nitrogens with one attached hydrogen (secondary N) is 1. The lowest BCUT2D eigenvalue weighted by Crippen LogP contribution is -2.31. The van der Waals surface area contributed by atoms with Crippen molar-refractivity contribution in [3.8, 4) is 0 Å². The third-order valence-corrected chi connectivity index (χ3v) is 4.20. The molecule has 100 valence electrons. The van der Waals surface area contributed by atoms with Crippen LogP contribution in [0.3, 0.4) is 0 Å². The molecule has 3 heteroatoms. The van der Waals surface area contributed by atoms with Gasteiger partial charge in [0, 0.05) is 12.2 Å². The average Bonchev–Trinajstić information content (AvgIpc) is 2.37. The Hall–Kier alpha value is -0.960. The Morgan fingerprint density at radius 3 is 2.89 bits per heavy atom. The van der Waals surface area contributed by atoms with Crippen molar-refractivity contribution in [1.29, 1.82) is 0 Å². The van der Waals surface area contributed by atoms with Gasteiger partial charge in [0.25, 0.3) is 0 Å². The van der Waals surface area contributed by atoms with Gasteiger partial charge in [0.1, 0.15) is 5.82 Å². The molecule has 1 aliphatic carbocycles. The van der Waals surface area contributed by atoms with Crippen LogP contribution in [0.5, 0.6) is 0 Å². The van der Waals surface area contributed by atoms with Crippen molar-refractivity contribution in [3.63, 3.8) is 0 Å². The standard InChI is InChI=1S/C15H23FN2/c1-11-5-3-4-6-13(11)9-18-12(2)14-7-15(16)10-17-8-14/h7-8,10-13,18H,3-6,9H2,1-2H3. The van der Waals surface area contributed by atoms with E-state index in [4.69, 9.17) is 0 Å². The van der Waals surface area contributed by atoms with Crippen LogP contribution in [0.15, 0.2) is 18.5 Å². The van der Waals surface area contributed by atoms with E-state index in [-0.39, 0.29) is 11.9 Å². The lowest BCUT2D eigenvalue weighted by atomic mass is 9.80. The van der Waals surface area contributed by atoms with Crippen LogP contribution < -0.4 is 5.32 Å². The Labute approximate surface area is 109 Å². The Morgan fingerprint density at radius 2 is 2.17 bits per heavy atom. The molecule has 2 rings (SSSR count). The Bertz CT molecular complexity index is 381. The molecular formula is C15H23FN2. The van der Waals surface area contributed by atoms with Crippen LogP contribution in [0.2, 0.25) is 0 Å². The van der Waals surface area contributed by atoms with Crippen molar-refractivity contribution in [1.82, 2.24) is 10.3 Å². The zero-order valence-corrected chi connectivity index (χ0v) is 11.3. The molecule has 0 saturated heterocycles. The smallest absolute Gasteiger partial charge is 0.141 e. The third-order valence-electron chi connectivity index (χ3n) is 4.20. The fraction of sp³-hybridized carbons (Fsp3) is 0.667. The van der Waals surface area contributed by atoms with Crippen LogP contribution in [0.1, 0.15) is 51.1 Å². The van der Waals surface area contributed by atoms with E-state index in [0.717, 1.165) is 23.9 Å². The Balaban J connectivity index is 1.86. The van der Waals surface area contributed by atoms with Crippen molar-refractivity contribution in [3.05, 3.63) is 29.8 Å². The molecule has 0 aromatic carbocycles. The van der Waals surface area contributed by atoms with Crippen molar-refractivity contribution in [2.45, 2.75) is 45.6 Å². The van der Waals surface area contributed by atoms with Crippen molar-refractivity contribution < 1.29 is 4.39 Å². The molecule has 0 radical (unpaired) electrons. The minimum atomic E-state index is -0.257. The molecule has 1 fully saturated rings. The molecule has 0 spiro atoms. The van der Waals surface area contributed by atoms with Crippen LogP contribution in [0.4, 0.5) is 4.39 Å². The van der Waals surface area contributed by atoms with E-state index in [0.29, 0.717) is 0 Å². The molecule has 1 aromatic rings. The molecule has 1 aliphatic rings. The van der Waals surface area contributed by atoms with Crippen molar-refractivity contribution in [2.24, 2.45) is 11.8 Å². The number of aromatic nitrogens is 1. The molecule has 3 atom stereocenters. The van der Waals surface area contributed by atoms with Gasteiger partial charge in [-0.3, -0.25) is 4.98 Å². The van der Waals surface area contributed by atoms with E-state index in [1.807, 2.05) is 0 Å². The van der Waals surface area contributed by atoms with E-state index < -0.39 is 0 Å². The summed E-state index contributed by atoms with van der Waals surface area (Å²) >= 11 is 0.